The molecule has 0 spiro atoms. The molecular formula is C25H20ClF3N5OP. The van der Waals surface area contributed by atoms with Gasteiger partial charge in [-0.2, -0.15) is 5.26 Å². The molecule has 0 radical (unpaired) electrons. The molecule has 184 valence electrons. The number of fused-ring (bicyclic) bond motifs is 1. The van der Waals surface area contributed by atoms with Gasteiger partial charge in [-0.05, 0) is 51.4 Å². The molecule has 36 heavy (non-hydrogen) atoms. The highest BCUT2D eigenvalue weighted by Gasteiger charge is 2.22. The van der Waals surface area contributed by atoms with Crippen LogP contribution in [0.1, 0.15) is 29.8 Å². The van der Waals surface area contributed by atoms with E-state index in [1.807, 2.05) is 0 Å². The molecule has 1 unspecified atom stereocenters. The van der Waals surface area contributed by atoms with Gasteiger partial charge in [-0.1, -0.05) is 11.6 Å². The molecule has 0 amide bonds. The van der Waals surface area contributed by atoms with Crippen LogP contribution in [-0.4, -0.2) is 28.3 Å². The number of halogens is 4. The van der Waals surface area contributed by atoms with E-state index in [1.54, 1.807) is 45.4 Å². The van der Waals surface area contributed by atoms with Crippen molar-refractivity contribution < 1.29 is 17.7 Å². The maximum Gasteiger partial charge on any atom is 0.164 e. The maximum absolute atomic E-state index is 15.1. The molecule has 4 aromatic rings. The zero-order valence-corrected chi connectivity index (χ0v) is 21.3. The normalized spacial score (nSPS) is 12.4. The van der Waals surface area contributed by atoms with E-state index >= 15 is 4.39 Å². The Kier molecular flexibility index (Phi) is 6.78. The second-order valence-electron chi connectivity index (χ2n) is 8.67. The molecule has 6 nitrogen and oxygen atoms in total. The van der Waals surface area contributed by atoms with Crippen molar-refractivity contribution in [1.82, 2.24) is 15.0 Å². The van der Waals surface area contributed by atoms with Gasteiger partial charge in [-0.3, -0.25) is 4.98 Å². The van der Waals surface area contributed by atoms with Crippen molar-refractivity contribution in [3.8, 4) is 17.3 Å². The number of aromatic nitrogens is 3. The minimum Gasteiger partial charge on any atom is -0.375 e. The Morgan fingerprint density at radius 1 is 1.11 bits per heavy atom. The van der Waals surface area contributed by atoms with Crippen molar-refractivity contribution in [2.24, 2.45) is 0 Å². The number of aryl methyl sites for hydroxylation is 1. The highest BCUT2D eigenvalue weighted by Crippen LogP contribution is 2.37. The standard InChI is InChI=1S/C25H20ClF3N5OP/c1-12(16-7-14(10-30)8-17(27)22(16)29)33-25-21(26)13(2)32-19-9-18(28)23(34-24(19)25)15-5-6-20(31-11-15)36(3,4)35/h5-9,11-12H,1-4H3,(H,32,33). The van der Waals surface area contributed by atoms with Gasteiger partial charge < -0.3 is 9.88 Å². The van der Waals surface area contributed by atoms with Crippen molar-refractivity contribution in [3.63, 3.8) is 0 Å². The van der Waals surface area contributed by atoms with Crippen molar-refractivity contribution in [2.75, 3.05) is 18.6 Å². The van der Waals surface area contributed by atoms with Crippen LogP contribution in [0.2, 0.25) is 5.02 Å². The number of hydrogen-bond donors (Lipinski definition) is 1. The van der Waals surface area contributed by atoms with E-state index in [0.717, 1.165) is 6.07 Å². The average molecular weight is 530 g/mol. The van der Waals surface area contributed by atoms with Crippen LogP contribution in [0.15, 0.2) is 36.5 Å². The number of nitrogens with zero attached hydrogens (tertiary/aromatic N) is 4. The summed E-state index contributed by atoms with van der Waals surface area (Å²) < 4.78 is 55.9. The number of pyridine rings is 3. The summed E-state index contributed by atoms with van der Waals surface area (Å²) in [5.41, 5.74) is 1.59. The predicted molar refractivity (Wildman–Crippen MR) is 135 cm³/mol. The second-order valence-corrected chi connectivity index (χ2v) is 12.2. The Hall–Kier alpha value is -3.47. The van der Waals surface area contributed by atoms with Gasteiger partial charge in [0, 0.05) is 23.4 Å². The third-order valence-corrected chi connectivity index (χ3v) is 7.43. The zero-order chi connectivity index (χ0) is 26.4. The van der Waals surface area contributed by atoms with E-state index in [0.29, 0.717) is 16.7 Å². The molecule has 0 saturated heterocycles. The van der Waals surface area contributed by atoms with E-state index in [2.05, 4.69) is 20.3 Å². The molecule has 1 N–H and O–H groups in total. The average Bonchev–Trinajstić information content (AvgIpc) is 2.82. The van der Waals surface area contributed by atoms with Crippen LogP contribution in [0.5, 0.6) is 0 Å². The monoisotopic (exact) mass is 529 g/mol. The van der Waals surface area contributed by atoms with Crippen molar-refractivity contribution in [1.29, 1.82) is 5.26 Å². The van der Waals surface area contributed by atoms with Crippen molar-refractivity contribution in [3.05, 3.63) is 75.8 Å². The molecule has 0 saturated carbocycles. The molecule has 3 heterocycles. The predicted octanol–water partition coefficient (Wildman–Crippen LogP) is 6.36. The smallest absolute Gasteiger partial charge is 0.164 e. The van der Waals surface area contributed by atoms with Crippen molar-refractivity contribution >= 4 is 40.9 Å². The minimum absolute atomic E-state index is 0.0373. The fourth-order valence-electron chi connectivity index (χ4n) is 3.73. The first-order chi connectivity index (χ1) is 16.9. The summed E-state index contributed by atoms with van der Waals surface area (Å²) in [5.74, 6) is -2.91. The van der Waals surface area contributed by atoms with E-state index in [-0.39, 0.29) is 38.6 Å². The van der Waals surface area contributed by atoms with E-state index < -0.39 is 30.6 Å². The molecule has 4 rings (SSSR count). The lowest BCUT2D eigenvalue weighted by Crippen LogP contribution is -2.12. The topological polar surface area (TPSA) is 91.6 Å². The van der Waals surface area contributed by atoms with Crippen molar-refractivity contribution in [2.45, 2.75) is 19.9 Å². The number of hydrogen-bond acceptors (Lipinski definition) is 6. The number of rotatable bonds is 5. The van der Waals surface area contributed by atoms with Crippen LogP contribution in [0, 0.1) is 35.7 Å². The molecule has 0 aliphatic carbocycles. The van der Waals surface area contributed by atoms with Crippen LogP contribution in [-0.2, 0) is 4.57 Å². The first-order valence-corrected chi connectivity index (χ1v) is 13.7. The Morgan fingerprint density at radius 3 is 2.44 bits per heavy atom. The fourth-order valence-corrected chi connectivity index (χ4v) is 4.68. The molecule has 0 bridgehead atoms. The van der Waals surface area contributed by atoms with Gasteiger partial charge in [0.15, 0.2) is 17.5 Å². The number of benzene rings is 1. The van der Waals surface area contributed by atoms with Crippen LogP contribution < -0.4 is 10.8 Å². The first kappa shape index (κ1) is 25.6. The third-order valence-electron chi connectivity index (χ3n) is 5.60. The number of anilines is 1. The Balaban J connectivity index is 1.85. The lowest BCUT2D eigenvalue weighted by Gasteiger charge is -2.20. The van der Waals surface area contributed by atoms with Gasteiger partial charge in [-0.15, -0.1) is 0 Å². The molecule has 0 fully saturated rings. The van der Waals surface area contributed by atoms with Gasteiger partial charge in [0.1, 0.15) is 18.4 Å². The summed E-state index contributed by atoms with van der Waals surface area (Å²) in [6.45, 7) is 6.36. The second kappa shape index (κ2) is 9.53. The fraction of sp³-hybridized carbons (Fsp3) is 0.200. The van der Waals surface area contributed by atoms with Gasteiger partial charge >= 0.3 is 0 Å². The van der Waals surface area contributed by atoms with Gasteiger partial charge in [0.05, 0.1) is 45.0 Å². The molecule has 0 aliphatic rings. The van der Waals surface area contributed by atoms with Gasteiger partial charge in [-0.25, -0.2) is 23.1 Å². The summed E-state index contributed by atoms with van der Waals surface area (Å²) in [5, 5.41) is 12.3. The third kappa shape index (κ3) is 4.79. The largest absolute Gasteiger partial charge is 0.375 e. The summed E-state index contributed by atoms with van der Waals surface area (Å²) in [4.78, 5) is 13.0. The number of nitriles is 1. The first-order valence-electron chi connectivity index (χ1n) is 10.7. The lowest BCUT2D eigenvalue weighted by atomic mass is 10.0. The van der Waals surface area contributed by atoms with E-state index in [4.69, 9.17) is 16.9 Å². The highest BCUT2D eigenvalue weighted by molar-refractivity contribution is 7.69. The molecule has 11 heteroatoms. The Bertz CT molecular complexity index is 1600. The Labute approximate surface area is 210 Å². The molecular weight excluding hydrogens is 510 g/mol. The summed E-state index contributed by atoms with van der Waals surface area (Å²) in [6.07, 6.45) is 1.39. The molecule has 1 atom stereocenters. The van der Waals surface area contributed by atoms with Crippen LogP contribution in [0.4, 0.5) is 18.9 Å². The Morgan fingerprint density at radius 2 is 1.83 bits per heavy atom. The zero-order valence-electron chi connectivity index (χ0n) is 19.7. The summed E-state index contributed by atoms with van der Waals surface area (Å²) in [7, 11) is -2.60. The van der Waals surface area contributed by atoms with E-state index in [1.165, 1.54) is 18.3 Å². The van der Waals surface area contributed by atoms with Crippen LogP contribution >= 0.6 is 18.7 Å². The number of nitrogens with one attached hydrogen (secondary N) is 1. The molecule has 3 aromatic heterocycles. The van der Waals surface area contributed by atoms with Crippen LogP contribution in [0.25, 0.3) is 22.3 Å². The SMILES string of the molecule is Cc1nc2cc(F)c(-c3ccc(P(C)(C)=O)nc3)nc2c(NC(C)c2cc(C#N)cc(F)c2F)c1Cl. The van der Waals surface area contributed by atoms with Gasteiger partial charge in [0.25, 0.3) is 0 Å². The van der Waals surface area contributed by atoms with Gasteiger partial charge in [0.2, 0.25) is 0 Å². The quantitative estimate of drug-likeness (QED) is 0.302. The molecule has 1 aromatic carbocycles. The molecule has 0 aliphatic heterocycles. The minimum atomic E-state index is -2.60. The summed E-state index contributed by atoms with van der Waals surface area (Å²) >= 11 is 6.52. The summed E-state index contributed by atoms with van der Waals surface area (Å²) in [6, 6.07) is 7.35. The van der Waals surface area contributed by atoms with Crippen LogP contribution in [0.3, 0.4) is 0 Å². The van der Waals surface area contributed by atoms with E-state index in [9.17, 15) is 13.3 Å². The highest BCUT2D eigenvalue weighted by atomic mass is 35.5. The lowest BCUT2D eigenvalue weighted by molar-refractivity contribution is 0.494. The maximum atomic E-state index is 15.1.